The maximum absolute atomic E-state index is 10.2. The minimum atomic E-state index is -1.04. The standard InChI is InChI=1S/C19H23ClN4O3/c1-10-2-4-11(5-3-10)6-7-13-17(20)23-19(21)24-18(13)22-14-8-12(9-25)15(26)16(14)27/h2-7,12,14-16,25-27H,8-9H2,1H3,(H3,21,22,23,24). The average Bonchev–Trinajstić information content (AvgIpc) is 2.90. The first-order chi connectivity index (χ1) is 12.9. The predicted octanol–water partition coefficient (Wildman–Crippen LogP) is 1.71. The monoisotopic (exact) mass is 390 g/mol. The molecule has 27 heavy (non-hydrogen) atoms. The second kappa shape index (κ2) is 8.22. The third-order valence-electron chi connectivity index (χ3n) is 4.79. The third kappa shape index (κ3) is 4.39. The number of hydrogen-bond acceptors (Lipinski definition) is 7. The van der Waals surface area contributed by atoms with Crippen molar-refractivity contribution in [2.45, 2.75) is 31.6 Å². The fourth-order valence-electron chi connectivity index (χ4n) is 3.20. The van der Waals surface area contributed by atoms with Gasteiger partial charge in [-0.3, -0.25) is 0 Å². The SMILES string of the molecule is Cc1ccc(C=Cc2c(Cl)nc(N)nc2NC2CC(CO)C(O)C2O)cc1. The number of nitrogens with one attached hydrogen (secondary N) is 1. The normalized spacial score (nSPS) is 25.2. The molecule has 8 heteroatoms. The molecule has 0 aliphatic heterocycles. The van der Waals surface area contributed by atoms with E-state index < -0.39 is 24.2 Å². The maximum Gasteiger partial charge on any atom is 0.223 e. The van der Waals surface area contributed by atoms with Gasteiger partial charge in [-0.15, -0.1) is 0 Å². The smallest absolute Gasteiger partial charge is 0.223 e. The van der Waals surface area contributed by atoms with Crippen LogP contribution in [0.25, 0.3) is 12.2 Å². The Morgan fingerprint density at radius 3 is 2.52 bits per heavy atom. The van der Waals surface area contributed by atoms with Gasteiger partial charge in [0.2, 0.25) is 5.95 Å². The van der Waals surface area contributed by atoms with E-state index in [1.54, 1.807) is 6.08 Å². The molecule has 0 spiro atoms. The van der Waals surface area contributed by atoms with Gasteiger partial charge in [0, 0.05) is 12.5 Å². The first-order valence-electron chi connectivity index (χ1n) is 8.70. The Bertz CT molecular complexity index is 828. The minimum absolute atomic E-state index is 0.00160. The van der Waals surface area contributed by atoms with Gasteiger partial charge in [-0.05, 0) is 25.0 Å². The van der Waals surface area contributed by atoms with Crippen molar-refractivity contribution in [2.24, 2.45) is 5.92 Å². The summed E-state index contributed by atoms with van der Waals surface area (Å²) in [6, 6.07) is 7.48. The van der Waals surface area contributed by atoms with Crippen LogP contribution >= 0.6 is 11.6 Å². The van der Waals surface area contributed by atoms with Crippen molar-refractivity contribution in [1.29, 1.82) is 0 Å². The summed E-state index contributed by atoms with van der Waals surface area (Å²) in [7, 11) is 0. The lowest BCUT2D eigenvalue weighted by Gasteiger charge is -2.20. The van der Waals surface area contributed by atoms with E-state index >= 15 is 0 Å². The van der Waals surface area contributed by atoms with Crippen molar-refractivity contribution in [1.82, 2.24) is 9.97 Å². The van der Waals surface area contributed by atoms with Crippen LogP contribution in [-0.4, -0.2) is 50.1 Å². The van der Waals surface area contributed by atoms with Gasteiger partial charge in [0.25, 0.3) is 0 Å². The van der Waals surface area contributed by atoms with E-state index in [-0.39, 0.29) is 17.7 Å². The summed E-state index contributed by atoms with van der Waals surface area (Å²) >= 11 is 6.26. The van der Waals surface area contributed by atoms with Crippen LogP contribution in [0, 0.1) is 12.8 Å². The molecule has 4 unspecified atom stereocenters. The highest BCUT2D eigenvalue weighted by Gasteiger charge is 2.41. The van der Waals surface area contributed by atoms with Crippen molar-refractivity contribution < 1.29 is 15.3 Å². The minimum Gasteiger partial charge on any atom is -0.396 e. The number of halogens is 1. The van der Waals surface area contributed by atoms with Gasteiger partial charge in [-0.25, -0.2) is 4.98 Å². The summed E-state index contributed by atoms with van der Waals surface area (Å²) < 4.78 is 0. The van der Waals surface area contributed by atoms with E-state index in [0.29, 0.717) is 17.8 Å². The van der Waals surface area contributed by atoms with Crippen molar-refractivity contribution in [3.63, 3.8) is 0 Å². The predicted molar refractivity (Wildman–Crippen MR) is 106 cm³/mol. The number of nitrogens with two attached hydrogens (primary N) is 1. The zero-order valence-electron chi connectivity index (χ0n) is 14.9. The molecule has 7 nitrogen and oxygen atoms in total. The molecule has 1 aliphatic rings. The van der Waals surface area contributed by atoms with Gasteiger partial charge in [0.1, 0.15) is 17.1 Å². The van der Waals surface area contributed by atoms with Crippen LogP contribution in [0.5, 0.6) is 0 Å². The molecule has 6 N–H and O–H groups in total. The van der Waals surface area contributed by atoms with E-state index in [4.69, 9.17) is 17.3 Å². The number of aliphatic hydroxyl groups is 3. The highest BCUT2D eigenvalue weighted by atomic mass is 35.5. The molecule has 1 saturated carbocycles. The highest BCUT2D eigenvalue weighted by Crippen LogP contribution is 2.31. The molecule has 144 valence electrons. The molecule has 1 aromatic heterocycles. The average molecular weight is 391 g/mol. The van der Waals surface area contributed by atoms with Crippen LogP contribution < -0.4 is 11.1 Å². The quantitative estimate of drug-likeness (QED) is 0.492. The lowest BCUT2D eigenvalue weighted by molar-refractivity contribution is 0.00445. The molecule has 0 saturated heterocycles. The molecule has 2 aromatic rings. The van der Waals surface area contributed by atoms with E-state index in [0.717, 1.165) is 11.1 Å². The summed E-state index contributed by atoms with van der Waals surface area (Å²) in [4.78, 5) is 8.19. The maximum atomic E-state index is 10.2. The number of anilines is 2. The number of aromatic nitrogens is 2. The lowest BCUT2D eigenvalue weighted by Crippen LogP contribution is -2.35. The molecule has 0 amide bonds. The van der Waals surface area contributed by atoms with Crippen molar-refractivity contribution >= 4 is 35.5 Å². The Balaban J connectivity index is 1.88. The van der Waals surface area contributed by atoms with Crippen molar-refractivity contribution in [3.8, 4) is 0 Å². The van der Waals surface area contributed by atoms with Gasteiger partial charge < -0.3 is 26.4 Å². The summed E-state index contributed by atoms with van der Waals surface area (Å²) in [5.74, 6) is -0.0360. The summed E-state index contributed by atoms with van der Waals surface area (Å²) in [6.07, 6.45) is 2.00. The molecular weight excluding hydrogens is 368 g/mol. The van der Waals surface area contributed by atoms with Crippen LogP contribution in [0.4, 0.5) is 11.8 Å². The van der Waals surface area contributed by atoms with Gasteiger partial charge in [0.05, 0.1) is 17.7 Å². The van der Waals surface area contributed by atoms with Gasteiger partial charge in [-0.1, -0.05) is 47.5 Å². The van der Waals surface area contributed by atoms with Crippen LogP contribution in [0.3, 0.4) is 0 Å². The zero-order chi connectivity index (χ0) is 19.6. The highest BCUT2D eigenvalue weighted by molar-refractivity contribution is 6.31. The van der Waals surface area contributed by atoms with E-state index in [1.165, 1.54) is 0 Å². The van der Waals surface area contributed by atoms with Crippen LogP contribution in [-0.2, 0) is 0 Å². The van der Waals surface area contributed by atoms with Crippen molar-refractivity contribution in [3.05, 3.63) is 46.1 Å². The van der Waals surface area contributed by atoms with E-state index in [9.17, 15) is 15.3 Å². The number of rotatable bonds is 5. The Kier molecular flexibility index (Phi) is 5.96. The molecule has 0 radical (unpaired) electrons. The summed E-state index contributed by atoms with van der Waals surface area (Å²) in [5.41, 5.74) is 8.39. The molecule has 1 aliphatic carbocycles. The molecule has 3 rings (SSSR count). The van der Waals surface area contributed by atoms with Crippen LogP contribution in [0.1, 0.15) is 23.1 Å². The second-order valence-electron chi connectivity index (χ2n) is 6.79. The number of aliphatic hydroxyl groups excluding tert-OH is 3. The van der Waals surface area contributed by atoms with Gasteiger partial charge >= 0.3 is 0 Å². The zero-order valence-corrected chi connectivity index (χ0v) is 15.6. The molecular formula is C19H23ClN4O3. The molecule has 1 aromatic carbocycles. The summed E-state index contributed by atoms with van der Waals surface area (Å²) in [6.45, 7) is 1.81. The summed E-state index contributed by atoms with van der Waals surface area (Å²) in [5, 5.41) is 32.9. The van der Waals surface area contributed by atoms with E-state index in [2.05, 4.69) is 15.3 Å². The first-order valence-corrected chi connectivity index (χ1v) is 9.08. The van der Waals surface area contributed by atoms with Crippen molar-refractivity contribution in [2.75, 3.05) is 17.7 Å². The number of benzene rings is 1. The largest absolute Gasteiger partial charge is 0.396 e. The topological polar surface area (TPSA) is 125 Å². The first kappa shape index (κ1) is 19.6. The second-order valence-corrected chi connectivity index (χ2v) is 7.15. The Morgan fingerprint density at radius 2 is 1.89 bits per heavy atom. The van der Waals surface area contributed by atoms with Crippen LogP contribution in [0.15, 0.2) is 24.3 Å². The van der Waals surface area contributed by atoms with Gasteiger partial charge in [0.15, 0.2) is 0 Å². The lowest BCUT2D eigenvalue weighted by atomic mass is 10.1. The fraction of sp³-hybridized carbons (Fsp3) is 0.368. The number of aryl methyl sites for hydroxylation is 1. The van der Waals surface area contributed by atoms with Crippen LogP contribution in [0.2, 0.25) is 5.15 Å². The van der Waals surface area contributed by atoms with E-state index in [1.807, 2.05) is 37.3 Å². The Labute approximate surface area is 162 Å². The number of hydrogen-bond donors (Lipinski definition) is 5. The third-order valence-corrected chi connectivity index (χ3v) is 5.08. The fourth-order valence-corrected chi connectivity index (χ4v) is 3.44. The number of nitrogens with zero attached hydrogens (tertiary/aromatic N) is 2. The Hall–Kier alpha value is -2.19. The molecule has 4 atom stereocenters. The Morgan fingerprint density at radius 1 is 1.19 bits per heavy atom. The molecule has 1 fully saturated rings. The van der Waals surface area contributed by atoms with Gasteiger partial charge in [-0.2, -0.15) is 4.98 Å². The molecule has 1 heterocycles. The number of nitrogen functional groups attached to an aromatic ring is 1. The molecule has 0 bridgehead atoms.